The van der Waals surface area contributed by atoms with Crippen LogP contribution in [0.5, 0.6) is 5.75 Å². The first-order valence-electron chi connectivity index (χ1n) is 7.68. The fourth-order valence-electron chi connectivity index (χ4n) is 2.89. The molecule has 0 saturated carbocycles. The van der Waals surface area contributed by atoms with Gasteiger partial charge in [0.05, 0.1) is 12.7 Å². The van der Waals surface area contributed by atoms with E-state index in [2.05, 4.69) is 55.9 Å². The van der Waals surface area contributed by atoms with Crippen LogP contribution in [0, 0.1) is 13.8 Å². The lowest BCUT2D eigenvalue weighted by atomic mass is 10.0. The van der Waals surface area contributed by atoms with Crippen molar-refractivity contribution in [1.82, 2.24) is 4.98 Å². The Balaban J connectivity index is 2.08. The van der Waals surface area contributed by atoms with Crippen molar-refractivity contribution in [1.29, 1.82) is 0 Å². The molecular formula is C20H21N2O+. The Kier molecular flexibility index (Phi) is 4.11. The Morgan fingerprint density at radius 1 is 0.957 bits per heavy atom. The highest BCUT2D eigenvalue weighted by Gasteiger charge is 2.18. The van der Waals surface area contributed by atoms with Crippen molar-refractivity contribution in [3.63, 3.8) is 0 Å². The van der Waals surface area contributed by atoms with Gasteiger partial charge in [-0.25, -0.2) is 4.98 Å². The number of ether oxygens (including phenoxy) is 1. The van der Waals surface area contributed by atoms with Crippen molar-refractivity contribution in [3.8, 4) is 28.3 Å². The van der Waals surface area contributed by atoms with Crippen molar-refractivity contribution in [2.24, 2.45) is 7.05 Å². The summed E-state index contributed by atoms with van der Waals surface area (Å²) in [6, 6.07) is 16.4. The SMILES string of the molecule is COc1ccc(-c2c[n+](C)c(-c3ccccc3C)c(C)n2)cc1. The van der Waals surface area contributed by atoms with E-state index < -0.39 is 0 Å². The molecule has 3 aromatic rings. The maximum Gasteiger partial charge on any atom is 0.233 e. The number of aromatic nitrogens is 2. The average Bonchev–Trinajstić information content (AvgIpc) is 2.56. The maximum absolute atomic E-state index is 5.22. The summed E-state index contributed by atoms with van der Waals surface area (Å²) < 4.78 is 7.37. The quantitative estimate of drug-likeness (QED) is 0.687. The average molecular weight is 305 g/mol. The highest BCUT2D eigenvalue weighted by molar-refractivity contribution is 5.65. The predicted molar refractivity (Wildman–Crippen MR) is 92.3 cm³/mol. The first kappa shape index (κ1) is 15.2. The van der Waals surface area contributed by atoms with E-state index in [1.807, 2.05) is 24.3 Å². The van der Waals surface area contributed by atoms with E-state index in [0.717, 1.165) is 28.4 Å². The zero-order valence-electron chi connectivity index (χ0n) is 14.0. The minimum absolute atomic E-state index is 0.853. The first-order chi connectivity index (χ1) is 11.1. The van der Waals surface area contributed by atoms with E-state index >= 15 is 0 Å². The monoisotopic (exact) mass is 305 g/mol. The second kappa shape index (κ2) is 6.21. The second-order valence-corrected chi connectivity index (χ2v) is 5.71. The standard InChI is InChI=1S/C20H21N2O/c1-14-7-5-6-8-18(14)20-15(2)21-19(13-22(20)3)16-9-11-17(23-4)12-10-16/h5-13H,1-4H3/q+1. The molecule has 3 rings (SSSR count). The lowest BCUT2D eigenvalue weighted by Gasteiger charge is -2.09. The first-order valence-corrected chi connectivity index (χ1v) is 7.68. The van der Waals surface area contributed by atoms with Gasteiger partial charge in [-0.1, -0.05) is 18.2 Å². The highest BCUT2D eigenvalue weighted by Crippen LogP contribution is 2.25. The predicted octanol–water partition coefficient (Wildman–Crippen LogP) is 3.87. The Morgan fingerprint density at radius 3 is 2.26 bits per heavy atom. The third-order valence-corrected chi connectivity index (χ3v) is 4.09. The van der Waals surface area contributed by atoms with Crippen LogP contribution in [0.25, 0.3) is 22.5 Å². The molecule has 0 spiro atoms. The summed E-state index contributed by atoms with van der Waals surface area (Å²) in [6.45, 7) is 4.20. The van der Waals surface area contributed by atoms with Crippen molar-refractivity contribution < 1.29 is 9.30 Å². The number of methoxy groups -OCH3 is 1. The van der Waals surface area contributed by atoms with Crippen molar-refractivity contribution in [3.05, 3.63) is 66.0 Å². The number of hydrogen-bond acceptors (Lipinski definition) is 2. The van der Waals surface area contributed by atoms with E-state index in [-0.39, 0.29) is 0 Å². The topological polar surface area (TPSA) is 26.0 Å². The largest absolute Gasteiger partial charge is 0.497 e. The normalized spacial score (nSPS) is 10.6. The molecule has 0 aliphatic carbocycles. The number of hydrogen-bond donors (Lipinski definition) is 0. The van der Waals surface area contributed by atoms with Crippen molar-refractivity contribution in [2.45, 2.75) is 13.8 Å². The summed E-state index contributed by atoms with van der Waals surface area (Å²) >= 11 is 0. The molecule has 3 nitrogen and oxygen atoms in total. The zero-order chi connectivity index (χ0) is 16.4. The highest BCUT2D eigenvalue weighted by atomic mass is 16.5. The van der Waals surface area contributed by atoms with Crippen LogP contribution >= 0.6 is 0 Å². The third kappa shape index (κ3) is 2.95. The Bertz CT molecular complexity index is 816. The summed E-state index contributed by atoms with van der Waals surface area (Å²) in [5.74, 6) is 0.853. The van der Waals surface area contributed by atoms with Crippen LogP contribution in [0.3, 0.4) is 0 Å². The van der Waals surface area contributed by atoms with E-state index in [1.165, 1.54) is 11.1 Å². The van der Waals surface area contributed by atoms with Crippen LogP contribution in [0.4, 0.5) is 0 Å². The molecule has 0 unspecified atom stereocenters. The molecule has 1 aromatic heterocycles. The van der Waals surface area contributed by atoms with Gasteiger partial charge in [-0.05, 0) is 49.7 Å². The van der Waals surface area contributed by atoms with Crippen LogP contribution in [0.15, 0.2) is 54.7 Å². The van der Waals surface area contributed by atoms with Crippen LogP contribution < -0.4 is 9.30 Å². The summed E-state index contributed by atoms with van der Waals surface area (Å²) in [4.78, 5) is 4.82. The molecule has 0 aliphatic heterocycles. The van der Waals surface area contributed by atoms with Crippen LogP contribution in [-0.2, 0) is 7.05 Å². The van der Waals surface area contributed by atoms with Crippen LogP contribution in [0.2, 0.25) is 0 Å². The molecule has 0 saturated heterocycles. The van der Waals surface area contributed by atoms with Crippen molar-refractivity contribution in [2.75, 3.05) is 7.11 Å². The van der Waals surface area contributed by atoms with E-state index in [1.54, 1.807) is 7.11 Å². The molecule has 116 valence electrons. The van der Waals surface area contributed by atoms with Gasteiger partial charge in [0.15, 0.2) is 6.20 Å². The van der Waals surface area contributed by atoms with Gasteiger partial charge in [0.1, 0.15) is 24.2 Å². The molecule has 0 aliphatic rings. The summed E-state index contributed by atoms with van der Waals surface area (Å²) in [6.07, 6.45) is 2.08. The van der Waals surface area contributed by atoms with Gasteiger partial charge >= 0.3 is 0 Å². The van der Waals surface area contributed by atoms with Gasteiger partial charge < -0.3 is 4.74 Å². The minimum Gasteiger partial charge on any atom is -0.497 e. The molecule has 23 heavy (non-hydrogen) atoms. The lowest BCUT2D eigenvalue weighted by Crippen LogP contribution is -2.33. The number of aryl methyl sites for hydroxylation is 3. The van der Waals surface area contributed by atoms with E-state index in [0.29, 0.717) is 0 Å². The zero-order valence-corrected chi connectivity index (χ0v) is 14.0. The maximum atomic E-state index is 5.22. The molecular weight excluding hydrogens is 284 g/mol. The smallest absolute Gasteiger partial charge is 0.233 e. The molecule has 0 N–H and O–H groups in total. The van der Waals surface area contributed by atoms with Crippen LogP contribution in [0.1, 0.15) is 11.3 Å². The molecule has 3 heteroatoms. The Morgan fingerprint density at radius 2 is 1.65 bits per heavy atom. The number of nitrogens with zero attached hydrogens (tertiary/aromatic N) is 2. The lowest BCUT2D eigenvalue weighted by molar-refractivity contribution is -0.660. The molecule has 1 heterocycles. The van der Waals surface area contributed by atoms with Gasteiger partial charge in [0.25, 0.3) is 0 Å². The Labute approximate surface area is 137 Å². The molecule has 0 amide bonds. The molecule has 0 bridgehead atoms. The number of benzene rings is 2. The van der Waals surface area contributed by atoms with Gasteiger partial charge in [0.2, 0.25) is 5.69 Å². The van der Waals surface area contributed by atoms with Gasteiger partial charge in [-0.15, -0.1) is 0 Å². The van der Waals surface area contributed by atoms with Gasteiger partial charge in [0, 0.05) is 5.56 Å². The third-order valence-electron chi connectivity index (χ3n) is 4.09. The molecule has 2 aromatic carbocycles. The van der Waals surface area contributed by atoms with Crippen molar-refractivity contribution >= 4 is 0 Å². The van der Waals surface area contributed by atoms with Gasteiger partial charge in [-0.3, -0.25) is 0 Å². The summed E-state index contributed by atoms with van der Waals surface area (Å²) in [5, 5.41) is 0. The van der Waals surface area contributed by atoms with E-state index in [9.17, 15) is 0 Å². The second-order valence-electron chi connectivity index (χ2n) is 5.71. The summed E-state index contributed by atoms with van der Waals surface area (Å²) in [5.41, 5.74) is 6.70. The molecule has 0 radical (unpaired) electrons. The van der Waals surface area contributed by atoms with E-state index in [4.69, 9.17) is 9.72 Å². The number of rotatable bonds is 3. The fourth-order valence-corrected chi connectivity index (χ4v) is 2.89. The minimum atomic E-state index is 0.853. The molecule has 0 atom stereocenters. The van der Waals surface area contributed by atoms with Crippen LogP contribution in [-0.4, -0.2) is 12.1 Å². The Hall–Kier alpha value is -2.68. The van der Waals surface area contributed by atoms with Gasteiger partial charge in [-0.2, -0.15) is 4.57 Å². The fraction of sp³-hybridized carbons (Fsp3) is 0.200. The molecule has 0 fully saturated rings. The summed E-state index contributed by atoms with van der Waals surface area (Å²) in [7, 11) is 3.75.